The molecule has 2 aromatic carbocycles. The van der Waals surface area contributed by atoms with Gasteiger partial charge in [0.2, 0.25) is 0 Å². The van der Waals surface area contributed by atoms with Crippen molar-refractivity contribution in [1.29, 1.82) is 0 Å². The molecule has 0 aliphatic rings. The summed E-state index contributed by atoms with van der Waals surface area (Å²) >= 11 is 1.40. The fourth-order valence-corrected chi connectivity index (χ4v) is 3.45. The van der Waals surface area contributed by atoms with Crippen LogP contribution in [0.5, 0.6) is 5.75 Å². The van der Waals surface area contributed by atoms with Gasteiger partial charge in [0.15, 0.2) is 6.29 Å². The Morgan fingerprint density at radius 2 is 1.57 bits per heavy atom. The molecule has 2 atom stereocenters. The van der Waals surface area contributed by atoms with Crippen molar-refractivity contribution in [3.05, 3.63) is 66.2 Å². The van der Waals surface area contributed by atoms with E-state index < -0.39 is 12.3 Å². The molecule has 28 heavy (non-hydrogen) atoms. The van der Waals surface area contributed by atoms with Crippen LogP contribution in [0.1, 0.15) is 56.8 Å². The van der Waals surface area contributed by atoms with E-state index in [4.69, 9.17) is 14.9 Å². The molecule has 0 bridgehead atoms. The topological polar surface area (TPSA) is 66.8 Å². The van der Waals surface area contributed by atoms with Gasteiger partial charge >= 0.3 is 83.0 Å². The Labute approximate surface area is 187 Å². The van der Waals surface area contributed by atoms with Gasteiger partial charge in [-0.25, -0.2) is 4.79 Å². The number of aliphatic hydroxyl groups is 1. The van der Waals surface area contributed by atoms with Gasteiger partial charge in [0.25, 0.3) is 0 Å². The Morgan fingerprint density at radius 1 is 1.04 bits per heavy atom. The third-order valence-corrected chi connectivity index (χ3v) is 5.35. The first kappa shape index (κ1) is 26.7. The van der Waals surface area contributed by atoms with Gasteiger partial charge in [0, 0.05) is 0 Å². The SMILES string of the molecule is CC(O)Oc1ccccc1.CCCCC(CC)[CH2][Na].O=C(O)c1ccccc1. The molecule has 4 nitrogen and oxygen atoms in total. The van der Waals surface area contributed by atoms with E-state index >= 15 is 0 Å². The molecule has 0 aliphatic heterocycles. The van der Waals surface area contributed by atoms with E-state index in [0.717, 1.165) is 5.92 Å². The van der Waals surface area contributed by atoms with E-state index in [9.17, 15) is 4.79 Å². The van der Waals surface area contributed by atoms with Crippen molar-refractivity contribution < 1.29 is 19.7 Å². The number of benzene rings is 2. The number of rotatable bonds is 8. The quantitative estimate of drug-likeness (QED) is 0.452. The van der Waals surface area contributed by atoms with Gasteiger partial charge in [0.1, 0.15) is 5.75 Å². The molecule has 2 unspecified atom stereocenters. The minimum Gasteiger partial charge on any atom is -0.478 e. The Kier molecular flexibility index (Phi) is 16.9. The molecule has 0 saturated carbocycles. The summed E-state index contributed by atoms with van der Waals surface area (Å²) in [6.45, 7) is 6.17. The van der Waals surface area contributed by atoms with Gasteiger partial charge in [0.05, 0.1) is 5.56 Å². The summed E-state index contributed by atoms with van der Waals surface area (Å²) in [4.78, 5) is 10.2. The number of para-hydroxylation sites is 1. The second kappa shape index (κ2) is 17.7. The summed E-state index contributed by atoms with van der Waals surface area (Å²) in [5, 5.41) is 17.2. The maximum Gasteiger partial charge on any atom is 0.335 e. The minimum absolute atomic E-state index is 0.331. The summed E-state index contributed by atoms with van der Waals surface area (Å²) in [7, 11) is 0. The number of hydrogen-bond acceptors (Lipinski definition) is 3. The molecule has 150 valence electrons. The number of carboxylic acid groups (broad SMARTS) is 1. The zero-order chi connectivity index (χ0) is 21.2. The van der Waals surface area contributed by atoms with Crippen molar-refractivity contribution in [2.75, 3.05) is 0 Å². The van der Waals surface area contributed by atoms with Crippen LogP contribution >= 0.6 is 0 Å². The van der Waals surface area contributed by atoms with Crippen LogP contribution in [0.25, 0.3) is 0 Å². The molecule has 0 aromatic heterocycles. The number of carbonyl (C=O) groups is 1. The van der Waals surface area contributed by atoms with Crippen molar-refractivity contribution in [3.8, 4) is 5.75 Å². The third-order valence-electron chi connectivity index (χ3n) is 4.19. The summed E-state index contributed by atoms with van der Waals surface area (Å²) < 4.78 is 6.48. The zero-order valence-electron chi connectivity index (χ0n) is 17.7. The summed E-state index contributed by atoms with van der Waals surface area (Å²) in [6.07, 6.45) is 4.97. The van der Waals surface area contributed by atoms with E-state index in [1.165, 1.54) is 57.3 Å². The average Bonchev–Trinajstić information content (AvgIpc) is 2.71. The first-order chi connectivity index (χ1) is 13.4. The van der Waals surface area contributed by atoms with Crippen LogP contribution in [0.15, 0.2) is 60.7 Å². The number of hydrogen-bond donors (Lipinski definition) is 2. The van der Waals surface area contributed by atoms with E-state index in [0.29, 0.717) is 11.3 Å². The van der Waals surface area contributed by atoms with Crippen molar-refractivity contribution in [2.24, 2.45) is 5.92 Å². The van der Waals surface area contributed by atoms with Gasteiger partial charge in [-0.2, -0.15) is 0 Å². The van der Waals surface area contributed by atoms with Crippen LogP contribution in [0.3, 0.4) is 0 Å². The van der Waals surface area contributed by atoms with Crippen LogP contribution in [0.4, 0.5) is 0 Å². The van der Waals surface area contributed by atoms with Crippen LogP contribution in [-0.4, -0.2) is 50.4 Å². The first-order valence-electron chi connectivity index (χ1n) is 10.1. The van der Waals surface area contributed by atoms with Gasteiger partial charge in [-0.15, -0.1) is 0 Å². The molecule has 2 N–H and O–H groups in total. The zero-order valence-corrected chi connectivity index (χ0v) is 19.7. The van der Waals surface area contributed by atoms with Crippen molar-refractivity contribution in [1.82, 2.24) is 0 Å². The van der Waals surface area contributed by atoms with Crippen LogP contribution in [0, 0.1) is 5.92 Å². The van der Waals surface area contributed by atoms with Crippen molar-refractivity contribution in [3.63, 3.8) is 0 Å². The third kappa shape index (κ3) is 14.7. The predicted octanol–water partition coefficient (Wildman–Crippen LogP) is 5.58. The van der Waals surface area contributed by atoms with Gasteiger partial charge in [-0.1, -0.05) is 36.4 Å². The monoisotopic (exact) mass is 396 g/mol. The average molecular weight is 397 g/mol. The summed E-state index contributed by atoms with van der Waals surface area (Å²) in [6, 6.07) is 17.5. The number of ether oxygens (including phenoxy) is 1. The first-order valence-corrected chi connectivity index (χ1v) is 11.5. The van der Waals surface area contributed by atoms with Crippen molar-refractivity contribution in [2.45, 2.75) is 56.4 Å². The largest absolute Gasteiger partial charge is 0.478 e. The molecule has 2 aromatic rings. The molecule has 0 aliphatic carbocycles. The molecule has 5 heteroatoms. The molecule has 0 fully saturated rings. The van der Waals surface area contributed by atoms with Crippen molar-refractivity contribution >= 4 is 33.9 Å². The van der Waals surface area contributed by atoms with Crippen LogP contribution in [0.2, 0.25) is 3.67 Å². The summed E-state index contributed by atoms with van der Waals surface area (Å²) in [5.74, 6) is 0.879. The fraction of sp³-hybridized carbons (Fsp3) is 0.435. The normalized spacial score (nSPS) is 11.8. The predicted molar refractivity (Wildman–Crippen MR) is 116 cm³/mol. The number of aliphatic hydroxyl groups excluding tert-OH is 1. The number of aromatic carboxylic acids is 1. The molecule has 0 saturated heterocycles. The summed E-state index contributed by atoms with van der Waals surface area (Å²) in [5.41, 5.74) is 0.331. The van der Waals surface area contributed by atoms with Crippen LogP contribution in [-0.2, 0) is 0 Å². The minimum atomic E-state index is -0.879. The second-order valence-corrected chi connectivity index (χ2v) is 7.34. The van der Waals surface area contributed by atoms with Crippen LogP contribution < -0.4 is 4.74 Å². The maximum atomic E-state index is 10.2. The van der Waals surface area contributed by atoms with E-state index in [-0.39, 0.29) is 0 Å². The van der Waals surface area contributed by atoms with E-state index in [1.54, 1.807) is 49.4 Å². The smallest absolute Gasteiger partial charge is 0.335 e. The molecule has 0 radical (unpaired) electrons. The van der Waals surface area contributed by atoms with E-state index in [1.807, 2.05) is 18.2 Å². The molecule has 2 rings (SSSR count). The molecule has 0 spiro atoms. The molecule has 0 amide bonds. The standard InChI is InChI=1S/C8H10O2.C8H17.C7H6O2.Na/c1-7(9)10-8-5-3-2-4-6-8;1-4-6-7-8(3)5-2;8-7(9)6-4-2-1-3-5-6;/h2-7,9H,1H3;8H,3-7H2,1-2H3;1-5H,(H,8,9);. The Balaban J connectivity index is 0.000000392. The van der Waals surface area contributed by atoms with Gasteiger partial charge in [-0.3, -0.25) is 0 Å². The number of carboxylic acids is 1. The Hall–Kier alpha value is -1.33. The Morgan fingerprint density at radius 3 is 1.93 bits per heavy atom. The second-order valence-electron chi connectivity index (χ2n) is 6.53. The number of unbranched alkanes of at least 4 members (excludes halogenated alkanes) is 1. The van der Waals surface area contributed by atoms with E-state index in [2.05, 4.69) is 13.8 Å². The molecular weight excluding hydrogens is 363 g/mol. The fourth-order valence-electron chi connectivity index (χ4n) is 2.47. The maximum absolute atomic E-state index is 10.2. The van der Waals surface area contributed by atoms with Gasteiger partial charge < -0.3 is 14.9 Å². The Bertz CT molecular complexity index is 599. The van der Waals surface area contributed by atoms with Gasteiger partial charge in [-0.05, 0) is 31.2 Å². The molecular formula is C23H33NaO4. The molecule has 0 heterocycles.